The molecule has 2 saturated heterocycles. The molecule has 11 heteroatoms. The van der Waals surface area contributed by atoms with Crippen molar-refractivity contribution in [2.24, 2.45) is 13.0 Å². The molecule has 2 aromatic rings. The number of piperazine rings is 1. The van der Waals surface area contributed by atoms with Crippen molar-refractivity contribution in [1.29, 1.82) is 0 Å². The highest BCUT2D eigenvalue weighted by Crippen LogP contribution is 2.41. The number of hydrogen-bond donors (Lipinski definition) is 2. The zero-order valence-corrected chi connectivity index (χ0v) is 22.9. The fourth-order valence-electron chi connectivity index (χ4n) is 6.06. The predicted molar refractivity (Wildman–Crippen MR) is 139 cm³/mol. The van der Waals surface area contributed by atoms with E-state index in [9.17, 15) is 9.59 Å². The molecule has 3 aliphatic heterocycles. The van der Waals surface area contributed by atoms with Crippen LogP contribution in [-0.2, 0) is 23.9 Å². The Kier molecular flexibility index (Phi) is 6.78. The van der Waals surface area contributed by atoms with Gasteiger partial charge in [0, 0.05) is 57.5 Å². The number of carbonyl (C=O) groups is 2. The van der Waals surface area contributed by atoms with Gasteiger partial charge >= 0.3 is 6.03 Å². The Balaban J connectivity index is 1.27. The van der Waals surface area contributed by atoms with Crippen molar-refractivity contribution in [3.8, 4) is 0 Å². The van der Waals surface area contributed by atoms with Crippen LogP contribution < -0.4 is 5.32 Å². The summed E-state index contributed by atoms with van der Waals surface area (Å²) in [6.07, 6.45) is 2.24. The standard InChI is InChI=1S/C26H40N8O3/c1-16-11-21(31(6)30-16)24(35)27-23-20-15-34(26(4,5)22(20)28-29-23)25(36)33-13-17(2)32(12-18(33)3)14-19-7-9-37-10-8-19/h11,17-19H,7-10,12-15H2,1-6H3,(H2,27,28,29,35)/t17-,18+/m1/s1. The average molecular weight is 513 g/mol. The Morgan fingerprint density at radius 1 is 1.19 bits per heavy atom. The van der Waals surface area contributed by atoms with E-state index in [0.29, 0.717) is 36.6 Å². The largest absolute Gasteiger partial charge is 0.381 e. The number of anilines is 1. The van der Waals surface area contributed by atoms with Crippen LogP contribution in [0.25, 0.3) is 0 Å². The summed E-state index contributed by atoms with van der Waals surface area (Å²) in [5.41, 5.74) is 2.36. The summed E-state index contributed by atoms with van der Waals surface area (Å²) >= 11 is 0. The molecule has 0 unspecified atom stereocenters. The van der Waals surface area contributed by atoms with Gasteiger partial charge in [-0.1, -0.05) is 0 Å². The molecule has 0 spiro atoms. The number of urea groups is 1. The number of aromatic nitrogens is 4. The van der Waals surface area contributed by atoms with Crippen molar-refractivity contribution in [2.75, 3.05) is 38.2 Å². The molecule has 0 aliphatic carbocycles. The number of nitrogens with one attached hydrogen (secondary N) is 2. The van der Waals surface area contributed by atoms with Crippen LogP contribution in [0.1, 0.15) is 68.0 Å². The number of hydrogen-bond acceptors (Lipinski definition) is 6. The van der Waals surface area contributed by atoms with E-state index >= 15 is 0 Å². The predicted octanol–water partition coefficient (Wildman–Crippen LogP) is 2.70. The first-order chi connectivity index (χ1) is 17.6. The van der Waals surface area contributed by atoms with Crippen molar-refractivity contribution in [1.82, 2.24) is 34.7 Å². The van der Waals surface area contributed by atoms with Crippen molar-refractivity contribution in [2.45, 2.75) is 71.6 Å². The lowest BCUT2D eigenvalue weighted by atomic mass is 9.97. The maximum absolute atomic E-state index is 13.9. The normalized spacial score (nSPS) is 24.4. The third-order valence-corrected chi connectivity index (χ3v) is 8.36. The van der Waals surface area contributed by atoms with Gasteiger partial charge in [0.1, 0.15) is 5.69 Å². The molecule has 2 fully saturated rings. The van der Waals surface area contributed by atoms with E-state index in [1.165, 1.54) is 0 Å². The molecule has 0 bridgehead atoms. The first kappa shape index (κ1) is 25.7. The molecule has 3 aliphatic rings. The van der Waals surface area contributed by atoms with Gasteiger partial charge in [-0.3, -0.25) is 19.5 Å². The summed E-state index contributed by atoms with van der Waals surface area (Å²) in [6, 6.07) is 2.18. The summed E-state index contributed by atoms with van der Waals surface area (Å²) in [5, 5.41) is 14.7. The maximum atomic E-state index is 13.9. The molecule has 11 nitrogen and oxygen atoms in total. The highest BCUT2D eigenvalue weighted by molar-refractivity contribution is 6.03. The van der Waals surface area contributed by atoms with E-state index in [0.717, 1.165) is 56.1 Å². The Morgan fingerprint density at radius 3 is 2.59 bits per heavy atom. The zero-order chi connectivity index (χ0) is 26.5. The molecule has 5 heterocycles. The van der Waals surface area contributed by atoms with E-state index < -0.39 is 5.54 Å². The molecule has 202 valence electrons. The van der Waals surface area contributed by atoms with Crippen molar-refractivity contribution < 1.29 is 14.3 Å². The van der Waals surface area contributed by atoms with Gasteiger partial charge in [-0.05, 0) is 59.4 Å². The van der Waals surface area contributed by atoms with Crippen LogP contribution in [0.5, 0.6) is 0 Å². The molecule has 2 N–H and O–H groups in total. The Hall–Kier alpha value is -2.92. The second kappa shape index (κ2) is 9.75. The minimum Gasteiger partial charge on any atom is -0.381 e. The summed E-state index contributed by atoms with van der Waals surface area (Å²) in [6.45, 7) is 15.0. The van der Waals surface area contributed by atoms with Crippen LogP contribution in [0, 0.1) is 12.8 Å². The van der Waals surface area contributed by atoms with Gasteiger partial charge in [0.2, 0.25) is 0 Å². The number of H-pyrrole nitrogens is 1. The van der Waals surface area contributed by atoms with Crippen molar-refractivity contribution >= 4 is 17.8 Å². The van der Waals surface area contributed by atoms with E-state index in [1.807, 2.05) is 30.6 Å². The highest BCUT2D eigenvalue weighted by Gasteiger charge is 2.47. The van der Waals surface area contributed by atoms with E-state index in [4.69, 9.17) is 4.74 Å². The molecule has 37 heavy (non-hydrogen) atoms. The van der Waals surface area contributed by atoms with Gasteiger partial charge in [0.15, 0.2) is 5.82 Å². The molecule has 2 aromatic heterocycles. The third kappa shape index (κ3) is 4.74. The van der Waals surface area contributed by atoms with E-state index in [2.05, 4.69) is 39.4 Å². The maximum Gasteiger partial charge on any atom is 0.321 e. The first-order valence-electron chi connectivity index (χ1n) is 13.4. The smallest absolute Gasteiger partial charge is 0.321 e. The fraction of sp³-hybridized carbons (Fsp3) is 0.692. The van der Waals surface area contributed by atoms with Gasteiger partial charge in [0.05, 0.1) is 23.5 Å². The number of amides is 3. The number of rotatable bonds is 4. The van der Waals surface area contributed by atoms with Gasteiger partial charge in [0.25, 0.3) is 5.91 Å². The van der Waals surface area contributed by atoms with Crippen LogP contribution in [-0.4, -0.2) is 91.5 Å². The second-order valence-electron chi connectivity index (χ2n) is 11.5. The Bertz CT molecular complexity index is 1160. The SMILES string of the molecule is Cc1cc(C(=O)Nc2n[nH]c3c2CN(C(=O)N2C[C@@H](C)N(CC4CCOCC4)C[C@@H]2C)C3(C)C)n(C)n1. The monoisotopic (exact) mass is 512 g/mol. The summed E-state index contributed by atoms with van der Waals surface area (Å²) < 4.78 is 7.09. The topological polar surface area (TPSA) is 112 Å². The molecule has 3 amide bonds. The minimum absolute atomic E-state index is 0.0270. The lowest BCUT2D eigenvalue weighted by Gasteiger charge is -2.47. The molecule has 0 saturated carbocycles. The van der Waals surface area contributed by atoms with Gasteiger partial charge < -0.3 is 19.9 Å². The summed E-state index contributed by atoms with van der Waals surface area (Å²) in [5.74, 6) is 0.859. The second-order valence-corrected chi connectivity index (χ2v) is 11.5. The number of nitrogens with zero attached hydrogens (tertiary/aromatic N) is 6. The number of ether oxygens (including phenoxy) is 1. The lowest BCUT2D eigenvalue weighted by Crippen LogP contribution is -2.62. The van der Waals surface area contributed by atoms with Gasteiger partial charge in [-0.15, -0.1) is 0 Å². The van der Waals surface area contributed by atoms with E-state index in [1.54, 1.807) is 17.8 Å². The summed E-state index contributed by atoms with van der Waals surface area (Å²) in [7, 11) is 1.74. The van der Waals surface area contributed by atoms with Crippen molar-refractivity contribution in [3.05, 3.63) is 28.7 Å². The quantitative estimate of drug-likeness (QED) is 0.652. The summed E-state index contributed by atoms with van der Waals surface area (Å²) in [4.78, 5) is 33.3. The highest BCUT2D eigenvalue weighted by atomic mass is 16.5. The number of aromatic amines is 1. The van der Waals surface area contributed by atoms with Crippen LogP contribution in [0.15, 0.2) is 6.07 Å². The fourth-order valence-corrected chi connectivity index (χ4v) is 6.06. The van der Waals surface area contributed by atoms with Crippen LogP contribution in [0.2, 0.25) is 0 Å². The molecule has 2 atom stereocenters. The Morgan fingerprint density at radius 2 is 1.92 bits per heavy atom. The van der Waals surface area contributed by atoms with Gasteiger partial charge in [-0.25, -0.2) is 4.79 Å². The van der Waals surface area contributed by atoms with Crippen molar-refractivity contribution in [3.63, 3.8) is 0 Å². The third-order valence-electron chi connectivity index (χ3n) is 8.36. The molecular weight excluding hydrogens is 472 g/mol. The first-order valence-corrected chi connectivity index (χ1v) is 13.4. The molecule has 5 rings (SSSR count). The number of aryl methyl sites for hydroxylation is 2. The van der Waals surface area contributed by atoms with Crippen LogP contribution in [0.3, 0.4) is 0 Å². The molecule has 0 aromatic carbocycles. The lowest BCUT2D eigenvalue weighted by molar-refractivity contribution is 0.00882. The Labute approximate surface area is 218 Å². The van der Waals surface area contributed by atoms with E-state index in [-0.39, 0.29) is 18.0 Å². The average Bonchev–Trinajstić information content (AvgIpc) is 3.49. The minimum atomic E-state index is -0.576. The van der Waals surface area contributed by atoms with Gasteiger partial charge in [-0.2, -0.15) is 10.2 Å². The van der Waals surface area contributed by atoms with Crippen LogP contribution in [0.4, 0.5) is 10.6 Å². The molecular formula is C26H40N8O3. The number of fused-ring (bicyclic) bond motifs is 1. The number of carbonyl (C=O) groups excluding carboxylic acids is 2. The van der Waals surface area contributed by atoms with Crippen LogP contribution >= 0.6 is 0 Å². The zero-order valence-electron chi connectivity index (χ0n) is 22.9. The molecule has 0 radical (unpaired) electrons.